The highest BCUT2D eigenvalue weighted by molar-refractivity contribution is 6.12. The number of benzene rings is 7. The molecule has 0 spiro atoms. The maximum absolute atomic E-state index is 6.12. The number of fused-ring (bicyclic) bond motifs is 9. The van der Waals surface area contributed by atoms with Gasteiger partial charge in [-0.1, -0.05) is 84.9 Å². The van der Waals surface area contributed by atoms with Crippen LogP contribution in [0.5, 0.6) is 0 Å². The fourth-order valence-electron chi connectivity index (χ4n) is 8.06. The fourth-order valence-corrected chi connectivity index (χ4v) is 8.06. The molecule has 238 valence electrons. The predicted octanol–water partition coefficient (Wildman–Crippen LogP) is 12.5. The number of hydrogen-bond acceptors (Lipinski definition) is 2. The van der Waals surface area contributed by atoms with Gasteiger partial charge >= 0.3 is 0 Å². The molecular formula is C47H29N3O. The lowest BCUT2D eigenvalue weighted by Crippen LogP contribution is -1.93. The molecule has 0 radical (unpaired) electrons. The van der Waals surface area contributed by atoms with E-state index in [0.717, 1.165) is 27.6 Å². The van der Waals surface area contributed by atoms with E-state index in [1.807, 2.05) is 12.3 Å². The van der Waals surface area contributed by atoms with Gasteiger partial charge in [-0.05, 0) is 101 Å². The zero-order chi connectivity index (χ0) is 33.5. The third-order valence-electron chi connectivity index (χ3n) is 10.4. The van der Waals surface area contributed by atoms with Crippen LogP contribution in [0.4, 0.5) is 0 Å². The number of para-hydroxylation sites is 3. The van der Waals surface area contributed by atoms with E-state index < -0.39 is 0 Å². The molecule has 4 heterocycles. The number of furan rings is 1. The van der Waals surface area contributed by atoms with E-state index in [0.29, 0.717) is 0 Å². The molecule has 0 aliphatic carbocycles. The molecule has 0 aliphatic rings. The normalized spacial score (nSPS) is 11.9. The van der Waals surface area contributed by atoms with E-state index in [2.05, 4.69) is 172 Å². The lowest BCUT2D eigenvalue weighted by atomic mass is 9.97. The minimum atomic E-state index is 0.852. The van der Waals surface area contributed by atoms with Crippen molar-refractivity contribution >= 4 is 65.6 Å². The third kappa shape index (κ3) is 4.23. The van der Waals surface area contributed by atoms with Crippen LogP contribution in [0, 0.1) is 0 Å². The Hall–Kier alpha value is -6.91. The summed E-state index contributed by atoms with van der Waals surface area (Å²) in [7, 11) is 0. The summed E-state index contributed by atoms with van der Waals surface area (Å²) in [6.07, 6.45) is 3.66. The molecule has 11 aromatic rings. The second-order valence-electron chi connectivity index (χ2n) is 13.2. The molecule has 0 amide bonds. The van der Waals surface area contributed by atoms with Gasteiger partial charge in [-0.25, -0.2) is 0 Å². The van der Waals surface area contributed by atoms with Crippen LogP contribution in [0.15, 0.2) is 181 Å². The molecule has 0 saturated carbocycles. The Balaban J connectivity index is 1.04. The van der Waals surface area contributed by atoms with Crippen molar-refractivity contribution in [3.63, 3.8) is 0 Å². The number of pyridine rings is 1. The highest BCUT2D eigenvalue weighted by Gasteiger charge is 2.17. The Morgan fingerprint density at radius 1 is 0.353 bits per heavy atom. The van der Waals surface area contributed by atoms with Gasteiger partial charge in [0, 0.05) is 56.1 Å². The first-order chi connectivity index (χ1) is 25.3. The summed E-state index contributed by atoms with van der Waals surface area (Å²) in [6, 6.07) is 59.0. The zero-order valence-electron chi connectivity index (χ0n) is 27.5. The molecule has 0 fully saturated rings. The molecule has 0 bridgehead atoms. The number of nitrogens with zero attached hydrogens (tertiary/aromatic N) is 3. The smallest absolute Gasteiger partial charge is 0.138 e. The summed E-state index contributed by atoms with van der Waals surface area (Å²) < 4.78 is 10.8. The Kier molecular flexibility index (Phi) is 5.92. The molecule has 51 heavy (non-hydrogen) atoms. The summed E-state index contributed by atoms with van der Waals surface area (Å²) in [6.45, 7) is 0. The zero-order valence-corrected chi connectivity index (χ0v) is 27.5. The highest BCUT2D eigenvalue weighted by Crippen LogP contribution is 2.39. The second-order valence-corrected chi connectivity index (χ2v) is 13.2. The van der Waals surface area contributed by atoms with Gasteiger partial charge < -0.3 is 13.6 Å². The van der Waals surface area contributed by atoms with Crippen LogP contribution in [0.2, 0.25) is 0 Å². The van der Waals surface area contributed by atoms with Gasteiger partial charge in [-0.15, -0.1) is 0 Å². The van der Waals surface area contributed by atoms with E-state index in [1.165, 1.54) is 71.6 Å². The van der Waals surface area contributed by atoms with Crippen molar-refractivity contribution in [1.82, 2.24) is 14.1 Å². The van der Waals surface area contributed by atoms with E-state index in [4.69, 9.17) is 4.42 Å². The summed E-state index contributed by atoms with van der Waals surface area (Å²) in [5, 5.41) is 7.06. The van der Waals surface area contributed by atoms with Gasteiger partial charge in [-0.2, -0.15) is 0 Å². The molecule has 0 aliphatic heterocycles. The van der Waals surface area contributed by atoms with Crippen LogP contribution in [0.25, 0.3) is 99.2 Å². The Labute approximate surface area is 293 Å². The van der Waals surface area contributed by atoms with E-state index in [1.54, 1.807) is 6.20 Å². The third-order valence-corrected chi connectivity index (χ3v) is 10.4. The average molecular weight is 652 g/mol. The van der Waals surface area contributed by atoms with Crippen LogP contribution >= 0.6 is 0 Å². The standard InChI is InChI=1S/C47H29N3O/c1-2-11-34(12-3-1)49-42-15-6-4-13-36(42)38-26-32(17-20-44(38)49)30-9-8-10-31(25-30)33-18-21-45-39(27-33)37-14-5-7-16-43(37)50(45)35-19-22-46-40(28-35)41-29-48-24-23-47(41)51-46/h1-29H. The Morgan fingerprint density at radius 2 is 0.922 bits per heavy atom. The summed E-state index contributed by atoms with van der Waals surface area (Å²) in [5.41, 5.74) is 13.5. The fraction of sp³-hybridized carbons (Fsp3) is 0. The molecule has 4 nitrogen and oxygen atoms in total. The molecule has 11 rings (SSSR count). The minimum Gasteiger partial charge on any atom is -0.456 e. The first-order valence-electron chi connectivity index (χ1n) is 17.3. The number of aromatic nitrogens is 3. The van der Waals surface area contributed by atoms with E-state index in [9.17, 15) is 0 Å². The van der Waals surface area contributed by atoms with Crippen LogP contribution < -0.4 is 0 Å². The Bertz CT molecular complexity index is 3140. The van der Waals surface area contributed by atoms with E-state index >= 15 is 0 Å². The average Bonchev–Trinajstić information content (AvgIpc) is 3.85. The van der Waals surface area contributed by atoms with Crippen molar-refractivity contribution in [3.05, 3.63) is 176 Å². The first kappa shape index (κ1) is 28.0. The molecular weight excluding hydrogens is 623 g/mol. The van der Waals surface area contributed by atoms with Crippen LogP contribution in [0.3, 0.4) is 0 Å². The summed E-state index contributed by atoms with van der Waals surface area (Å²) in [5.74, 6) is 0. The van der Waals surface area contributed by atoms with Crippen LogP contribution in [0.1, 0.15) is 0 Å². The molecule has 0 unspecified atom stereocenters. The van der Waals surface area contributed by atoms with Gasteiger partial charge in [-0.3, -0.25) is 4.98 Å². The van der Waals surface area contributed by atoms with Gasteiger partial charge in [0.05, 0.1) is 22.1 Å². The molecule has 4 aromatic heterocycles. The van der Waals surface area contributed by atoms with Gasteiger partial charge in [0.15, 0.2) is 0 Å². The quantitative estimate of drug-likeness (QED) is 0.190. The summed E-state index contributed by atoms with van der Waals surface area (Å²) in [4.78, 5) is 4.36. The van der Waals surface area contributed by atoms with Crippen molar-refractivity contribution in [2.45, 2.75) is 0 Å². The minimum absolute atomic E-state index is 0.852. The van der Waals surface area contributed by atoms with Crippen molar-refractivity contribution in [2.24, 2.45) is 0 Å². The lowest BCUT2D eigenvalue weighted by molar-refractivity contribution is 0.668. The van der Waals surface area contributed by atoms with Crippen molar-refractivity contribution in [1.29, 1.82) is 0 Å². The van der Waals surface area contributed by atoms with Crippen molar-refractivity contribution in [3.8, 4) is 33.6 Å². The molecule has 0 saturated heterocycles. The number of rotatable bonds is 4. The topological polar surface area (TPSA) is 35.9 Å². The monoisotopic (exact) mass is 651 g/mol. The molecule has 4 heteroatoms. The lowest BCUT2D eigenvalue weighted by Gasteiger charge is -2.10. The molecule has 7 aromatic carbocycles. The van der Waals surface area contributed by atoms with Gasteiger partial charge in [0.1, 0.15) is 11.2 Å². The second kappa shape index (κ2) is 10.8. The van der Waals surface area contributed by atoms with Gasteiger partial charge in [0.2, 0.25) is 0 Å². The van der Waals surface area contributed by atoms with Gasteiger partial charge in [0.25, 0.3) is 0 Å². The maximum atomic E-state index is 6.12. The molecule has 0 atom stereocenters. The van der Waals surface area contributed by atoms with Crippen molar-refractivity contribution < 1.29 is 4.42 Å². The molecule has 0 N–H and O–H groups in total. The summed E-state index contributed by atoms with van der Waals surface area (Å²) >= 11 is 0. The predicted molar refractivity (Wildman–Crippen MR) is 211 cm³/mol. The number of hydrogen-bond donors (Lipinski definition) is 0. The maximum Gasteiger partial charge on any atom is 0.138 e. The van der Waals surface area contributed by atoms with Crippen molar-refractivity contribution in [2.75, 3.05) is 0 Å². The highest BCUT2D eigenvalue weighted by atomic mass is 16.3. The van der Waals surface area contributed by atoms with E-state index in [-0.39, 0.29) is 0 Å². The first-order valence-corrected chi connectivity index (χ1v) is 17.3. The Morgan fingerprint density at radius 3 is 1.61 bits per heavy atom. The van der Waals surface area contributed by atoms with Crippen LogP contribution in [-0.2, 0) is 0 Å². The largest absolute Gasteiger partial charge is 0.456 e. The SMILES string of the molecule is c1ccc(-n2c3ccccc3c3cc(-c4cccc(-c5ccc6c(c5)c5ccccc5n6-c5ccc6oc7ccncc7c6c5)c4)ccc32)cc1. The van der Waals surface area contributed by atoms with Crippen LogP contribution in [-0.4, -0.2) is 14.1 Å².